The molecule has 0 fully saturated rings. The predicted octanol–water partition coefficient (Wildman–Crippen LogP) is 3.22. The monoisotopic (exact) mass is 196 g/mol. The van der Waals surface area contributed by atoms with Crippen molar-refractivity contribution in [1.29, 1.82) is 0 Å². The van der Waals surface area contributed by atoms with Crippen molar-refractivity contribution >= 4 is 5.97 Å². The van der Waals surface area contributed by atoms with Gasteiger partial charge >= 0.3 is 5.97 Å². The van der Waals surface area contributed by atoms with E-state index in [0.29, 0.717) is 6.42 Å². The van der Waals surface area contributed by atoms with Crippen LogP contribution in [0.2, 0.25) is 0 Å². The van der Waals surface area contributed by atoms with Gasteiger partial charge in [0.15, 0.2) is 0 Å². The molecule has 0 heterocycles. The van der Waals surface area contributed by atoms with Crippen LogP contribution in [0.3, 0.4) is 0 Å². The highest BCUT2D eigenvalue weighted by molar-refractivity contribution is 5.69. The summed E-state index contributed by atoms with van der Waals surface area (Å²) in [7, 11) is 1.45. The fourth-order valence-electron chi connectivity index (χ4n) is 2.01. The van der Waals surface area contributed by atoms with Crippen LogP contribution in [0.1, 0.15) is 51.9 Å². The molecule has 0 spiro atoms. The van der Waals surface area contributed by atoms with Gasteiger partial charge in [-0.1, -0.05) is 11.1 Å². The SMILES string of the molecule is COC(=O)CCCC1=C(C)CCCC1. The molecule has 0 atom stereocenters. The first-order valence-corrected chi connectivity index (χ1v) is 5.48. The van der Waals surface area contributed by atoms with Gasteiger partial charge in [-0.2, -0.15) is 0 Å². The van der Waals surface area contributed by atoms with E-state index >= 15 is 0 Å². The van der Waals surface area contributed by atoms with E-state index in [4.69, 9.17) is 0 Å². The van der Waals surface area contributed by atoms with Gasteiger partial charge in [-0.3, -0.25) is 4.79 Å². The fraction of sp³-hybridized carbons (Fsp3) is 0.750. The van der Waals surface area contributed by atoms with Gasteiger partial charge in [0.2, 0.25) is 0 Å². The second kappa shape index (κ2) is 5.84. The molecule has 0 saturated heterocycles. The maximum atomic E-state index is 10.9. The molecule has 0 aromatic heterocycles. The number of carbonyl (C=O) groups excluding carboxylic acids is 1. The van der Waals surface area contributed by atoms with Crippen molar-refractivity contribution in [3.05, 3.63) is 11.1 Å². The molecule has 2 heteroatoms. The first-order valence-electron chi connectivity index (χ1n) is 5.48. The number of esters is 1. The van der Waals surface area contributed by atoms with E-state index in [1.165, 1.54) is 32.8 Å². The summed E-state index contributed by atoms with van der Waals surface area (Å²) in [5.41, 5.74) is 3.14. The number of methoxy groups -OCH3 is 1. The topological polar surface area (TPSA) is 26.3 Å². The summed E-state index contributed by atoms with van der Waals surface area (Å²) < 4.78 is 4.61. The summed E-state index contributed by atoms with van der Waals surface area (Å²) in [6.07, 6.45) is 7.76. The zero-order valence-corrected chi connectivity index (χ0v) is 9.27. The quantitative estimate of drug-likeness (QED) is 0.509. The van der Waals surface area contributed by atoms with Crippen LogP contribution in [0.5, 0.6) is 0 Å². The van der Waals surface area contributed by atoms with Crippen LogP contribution >= 0.6 is 0 Å². The number of allylic oxidation sites excluding steroid dienone is 2. The second-order valence-electron chi connectivity index (χ2n) is 4.02. The standard InChI is InChI=1S/C12H20O2/c1-10-6-3-4-7-11(10)8-5-9-12(13)14-2/h3-9H2,1-2H3. The van der Waals surface area contributed by atoms with Crippen LogP contribution in [0, 0.1) is 0 Å². The summed E-state index contributed by atoms with van der Waals surface area (Å²) in [5, 5.41) is 0. The molecule has 0 saturated carbocycles. The van der Waals surface area contributed by atoms with E-state index in [2.05, 4.69) is 11.7 Å². The molecular formula is C12H20O2. The van der Waals surface area contributed by atoms with Crippen LogP contribution in [-0.2, 0) is 9.53 Å². The molecule has 1 aliphatic carbocycles. The van der Waals surface area contributed by atoms with Crippen LogP contribution in [0.4, 0.5) is 0 Å². The lowest BCUT2D eigenvalue weighted by atomic mass is 9.90. The maximum Gasteiger partial charge on any atom is 0.305 e. The summed E-state index contributed by atoms with van der Waals surface area (Å²) in [4.78, 5) is 10.9. The number of hydrogen-bond donors (Lipinski definition) is 0. The van der Waals surface area contributed by atoms with Gasteiger partial charge in [0.05, 0.1) is 7.11 Å². The molecule has 0 aromatic carbocycles. The van der Waals surface area contributed by atoms with Gasteiger partial charge in [-0.25, -0.2) is 0 Å². The highest BCUT2D eigenvalue weighted by Gasteiger charge is 2.09. The van der Waals surface area contributed by atoms with Crippen molar-refractivity contribution in [2.45, 2.75) is 51.9 Å². The normalized spacial score (nSPS) is 17.0. The predicted molar refractivity (Wildman–Crippen MR) is 57.0 cm³/mol. The largest absolute Gasteiger partial charge is 0.469 e. The Morgan fingerprint density at radius 1 is 1.36 bits per heavy atom. The molecule has 0 radical (unpaired) electrons. The highest BCUT2D eigenvalue weighted by atomic mass is 16.5. The number of carbonyl (C=O) groups is 1. The molecule has 14 heavy (non-hydrogen) atoms. The molecule has 0 aromatic rings. The summed E-state index contributed by atoms with van der Waals surface area (Å²) in [6.45, 7) is 2.23. The Bertz CT molecular complexity index is 228. The van der Waals surface area contributed by atoms with Crippen molar-refractivity contribution < 1.29 is 9.53 Å². The summed E-state index contributed by atoms with van der Waals surface area (Å²) >= 11 is 0. The number of hydrogen-bond acceptors (Lipinski definition) is 2. The Morgan fingerprint density at radius 2 is 2.07 bits per heavy atom. The van der Waals surface area contributed by atoms with Gasteiger partial charge in [0.25, 0.3) is 0 Å². The molecule has 0 N–H and O–H groups in total. The third-order valence-electron chi connectivity index (χ3n) is 2.97. The molecule has 0 bridgehead atoms. The van der Waals surface area contributed by atoms with Gasteiger partial charge < -0.3 is 4.74 Å². The number of rotatable bonds is 4. The molecule has 1 aliphatic rings. The van der Waals surface area contributed by atoms with Gasteiger partial charge in [-0.05, 0) is 45.4 Å². The molecule has 1 rings (SSSR count). The molecule has 80 valence electrons. The summed E-state index contributed by atoms with van der Waals surface area (Å²) in [6, 6.07) is 0. The van der Waals surface area contributed by atoms with Crippen LogP contribution in [0.15, 0.2) is 11.1 Å². The molecule has 0 amide bonds. The third kappa shape index (κ3) is 3.52. The Kier molecular flexibility index (Phi) is 4.71. The Morgan fingerprint density at radius 3 is 2.71 bits per heavy atom. The van der Waals surface area contributed by atoms with Crippen LogP contribution in [-0.4, -0.2) is 13.1 Å². The van der Waals surface area contributed by atoms with Gasteiger partial charge in [-0.15, -0.1) is 0 Å². The van der Waals surface area contributed by atoms with E-state index in [-0.39, 0.29) is 5.97 Å². The lowest BCUT2D eigenvalue weighted by Crippen LogP contribution is -2.02. The Hall–Kier alpha value is -0.790. The van der Waals surface area contributed by atoms with Crippen molar-refractivity contribution in [3.8, 4) is 0 Å². The zero-order valence-electron chi connectivity index (χ0n) is 9.27. The summed E-state index contributed by atoms with van der Waals surface area (Å²) in [5.74, 6) is -0.0842. The smallest absolute Gasteiger partial charge is 0.305 e. The van der Waals surface area contributed by atoms with Crippen LogP contribution in [0.25, 0.3) is 0 Å². The highest BCUT2D eigenvalue weighted by Crippen LogP contribution is 2.27. The van der Waals surface area contributed by atoms with Crippen molar-refractivity contribution in [2.24, 2.45) is 0 Å². The molecular weight excluding hydrogens is 176 g/mol. The molecule has 0 unspecified atom stereocenters. The van der Waals surface area contributed by atoms with Crippen molar-refractivity contribution in [1.82, 2.24) is 0 Å². The molecule has 2 nitrogen and oxygen atoms in total. The second-order valence-corrected chi connectivity index (χ2v) is 4.02. The van der Waals surface area contributed by atoms with E-state index in [0.717, 1.165) is 12.8 Å². The fourth-order valence-corrected chi connectivity index (χ4v) is 2.01. The van der Waals surface area contributed by atoms with E-state index in [1.807, 2.05) is 0 Å². The zero-order chi connectivity index (χ0) is 10.4. The minimum atomic E-state index is -0.0842. The lowest BCUT2D eigenvalue weighted by molar-refractivity contribution is -0.140. The Balaban J connectivity index is 2.26. The third-order valence-corrected chi connectivity index (χ3v) is 2.97. The van der Waals surface area contributed by atoms with Gasteiger partial charge in [0.1, 0.15) is 0 Å². The van der Waals surface area contributed by atoms with Crippen LogP contribution < -0.4 is 0 Å². The van der Waals surface area contributed by atoms with Gasteiger partial charge in [0, 0.05) is 6.42 Å². The minimum Gasteiger partial charge on any atom is -0.469 e. The average Bonchev–Trinajstić information content (AvgIpc) is 2.20. The van der Waals surface area contributed by atoms with E-state index < -0.39 is 0 Å². The average molecular weight is 196 g/mol. The van der Waals surface area contributed by atoms with Crippen molar-refractivity contribution in [3.63, 3.8) is 0 Å². The van der Waals surface area contributed by atoms with E-state index in [9.17, 15) is 4.79 Å². The molecule has 0 aliphatic heterocycles. The lowest BCUT2D eigenvalue weighted by Gasteiger charge is -2.17. The Labute approximate surface area is 86.3 Å². The first kappa shape index (κ1) is 11.3. The maximum absolute atomic E-state index is 10.9. The van der Waals surface area contributed by atoms with E-state index in [1.54, 1.807) is 11.1 Å². The number of ether oxygens (including phenoxy) is 1. The first-order chi connectivity index (χ1) is 6.74. The van der Waals surface area contributed by atoms with Crippen molar-refractivity contribution in [2.75, 3.05) is 7.11 Å². The minimum absolute atomic E-state index is 0.0842.